The van der Waals surface area contributed by atoms with Gasteiger partial charge in [0.1, 0.15) is 6.61 Å². The second-order valence-electron chi connectivity index (χ2n) is 6.59. The highest BCUT2D eigenvalue weighted by molar-refractivity contribution is 7.92. The Balaban J connectivity index is 2.05. The van der Waals surface area contributed by atoms with E-state index in [4.69, 9.17) is 4.74 Å². The monoisotopic (exact) mass is 362 g/mol. The first kappa shape index (κ1) is 17.5. The van der Waals surface area contributed by atoms with Crippen LogP contribution >= 0.6 is 0 Å². The molecule has 1 aliphatic rings. The van der Waals surface area contributed by atoms with E-state index in [1.165, 1.54) is 0 Å². The van der Waals surface area contributed by atoms with Crippen LogP contribution in [0.15, 0.2) is 35.2 Å². The minimum absolute atomic E-state index is 0.00865. The number of fused-ring (bicyclic) bond motifs is 4. The average molecular weight is 362 g/mol. The van der Waals surface area contributed by atoms with E-state index in [1.807, 2.05) is 6.07 Å². The zero-order chi connectivity index (χ0) is 18.0. The molecule has 1 atom stereocenters. The lowest BCUT2D eigenvalue weighted by atomic mass is 10.0. The van der Waals surface area contributed by atoms with E-state index in [1.54, 1.807) is 31.2 Å². The molecule has 1 aromatic carbocycles. The third-order valence-corrected chi connectivity index (χ3v) is 5.09. The molecule has 0 unspecified atom stereocenters. The Labute approximate surface area is 147 Å². The van der Waals surface area contributed by atoms with Crippen molar-refractivity contribution in [3.8, 4) is 5.88 Å². The Morgan fingerprint density at radius 2 is 2.08 bits per heavy atom. The van der Waals surface area contributed by atoms with E-state index in [-0.39, 0.29) is 16.9 Å². The van der Waals surface area contributed by atoms with Crippen molar-refractivity contribution in [2.24, 2.45) is 5.92 Å². The molecule has 0 spiro atoms. The van der Waals surface area contributed by atoms with Gasteiger partial charge in [0, 0.05) is 17.4 Å². The van der Waals surface area contributed by atoms with Crippen molar-refractivity contribution in [2.45, 2.75) is 38.1 Å². The van der Waals surface area contributed by atoms with Gasteiger partial charge in [-0.25, -0.2) is 18.1 Å². The van der Waals surface area contributed by atoms with E-state index < -0.39 is 10.0 Å². The summed E-state index contributed by atoms with van der Waals surface area (Å²) >= 11 is 0. The molecular formula is C17H22N4O3S. The molecule has 134 valence electrons. The molecule has 0 radical (unpaired) electrons. The first-order valence-electron chi connectivity index (χ1n) is 8.20. The van der Waals surface area contributed by atoms with Crippen LogP contribution in [-0.2, 0) is 10.0 Å². The van der Waals surface area contributed by atoms with Crippen LogP contribution < -0.4 is 14.8 Å². The summed E-state index contributed by atoms with van der Waals surface area (Å²) in [4.78, 5) is 8.46. The van der Waals surface area contributed by atoms with Crippen LogP contribution in [0.2, 0.25) is 0 Å². The largest absolute Gasteiger partial charge is 0.475 e. The normalized spacial score (nSPS) is 19.0. The van der Waals surface area contributed by atoms with Gasteiger partial charge in [0.15, 0.2) is 0 Å². The number of aryl methyl sites for hydroxylation is 1. The minimum Gasteiger partial charge on any atom is -0.475 e. The minimum atomic E-state index is -3.77. The van der Waals surface area contributed by atoms with E-state index in [9.17, 15) is 8.42 Å². The predicted molar refractivity (Wildman–Crippen MR) is 96.4 cm³/mol. The average Bonchev–Trinajstić information content (AvgIpc) is 2.51. The zero-order valence-electron chi connectivity index (χ0n) is 14.5. The molecule has 0 saturated heterocycles. The number of nitrogens with one attached hydrogen (secondary N) is 2. The van der Waals surface area contributed by atoms with Crippen LogP contribution in [0.4, 0.5) is 11.6 Å². The van der Waals surface area contributed by atoms with E-state index in [0.717, 1.165) is 12.1 Å². The molecule has 7 nitrogen and oxygen atoms in total. The second kappa shape index (κ2) is 6.87. The molecule has 2 aromatic rings. The fourth-order valence-electron chi connectivity index (χ4n) is 2.75. The summed E-state index contributed by atoms with van der Waals surface area (Å²) in [5.74, 6) is 0.824. The fourth-order valence-corrected chi connectivity index (χ4v) is 3.74. The van der Waals surface area contributed by atoms with Gasteiger partial charge >= 0.3 is 0 Å². The lowest BCUT2D eigenvalue weighted by molar-refractivity contribution is 0.271. The van der Waals surface area contributed by atoms with Gasteiger partial charge in [-0.2, -0.15) is 4.98 Å². The Bertz CT molecular complexity index is 868. The molecule has 3 rings (SSSR count). The molecular weight excluding hydrogens is 340 g/mol. The number of hydrogen-bond acceptors (Lipinski definition) is 6. The molecule has 0 fully saturated rings. The van der Waals surface area contributed by atoms with Gasteiger partial charge in [-0.05, 0) is 37.5 Å². The second-order valence-corrected chi connectivity index (χ2v) is 8.27. The summed E-state index contributed by atoms with van der Waals surface area (Å²) in [6.45, 7) is 6.46. The number of rotatable bonds is 2. The summed E-state index contributed by atoms with van der Waals surface area (Å²) in [5.41, 5.74) is 1.36. The maximum atomic E-state index is 12.6. The molecule has 0 saturated carbocycles. The molecule has 2 heterocycles. The van der Waals surface area contributed by atoms with Crippen LogP contribution in [0.3, 0.4) is 0 Å². The Morgan fingerprint density at radius 1 is 1.28 bits per heavy atom. The van der Waals surface area contributed by atoms with Gasteiger partial charge < -0.3 is 10.1 Å². The molecule has 8 heteroatoms. The molecule has 0 amide bonds. The van der Waals surface area contributed by atoms with Crippen molar-refractivity contribution in [3.63, 3.8) is 0 Å². The SMILES string of the molecule is Cc1cc2nc(n1)NS(=O)(=O)c1cccc(c1)N[C@H](CC(C)C)CO2. The molecule has 4 bridgehead atoms. The first-order valence-corrected chi connectivity index (χ1v) is 9.68. The quantitative estimate of drug-likeness (QED) is 0.853. The van der Waals surface area contributed by atoms with Crippen LogP contribution in [0.1, 0.15) is 26.0 Å². The Morgan fingerprint density at radius 3 is 2.84 bits per heavy atom. The lowest BCUT2D eigenvalue weighted by Gasteiger charge is -2.23. The number of aromatic nitrogens is 2. The van der Waals surface area contributed by atoms with Crippen LogP contribution in [0.5, 0.6) is 5.88 Å². The van der Waals surface area contributed by atoms with E-state index in [2.05, 4.69) is 33.9 Å². The number of nitrogens with zero attached hydrogens (tertiary/aromatic N) is 2. The van der Waals surface area contributed by atoms with Crippen molar-refractivity contribution in [1.82, 2.24) is 9.97 Å². The summed E-state index contributed by atoms with van der Waals surface area (Å²) in [5, 5.41) is 3.37. The van der Waals surface area contributed by atoms with Gasteiger partial charge in [0.05, 0.1) is 10.9 Å². The highest BCUT2D eigenvalue weighted by Gasteiger charge is 2.20. The van der Waals surface area contributed by atoms with E-state index in [0.29, 0.717) is 24.1 Å². The van der Waals surface area contributed by atoms with Crippen molar-refractivity contribution in [2.75, 3.05) is 16.6 Å². The van der Waals surface area contributed by atoms with Crippen LogP contribution in [0, 0.1) is 12.8 Å². The van der Waals surface area contributed by atoms with Crippen LogP contribution in [0.25, 0.3) is 0 Å². The first-order chi connectivity index (χ1) is 11.8. The van der Waals surface area contributed by atoms with Crippen molar-refractivity contribution >= 4 is 21.7 Å². The number of hydrogen-bond donors (Lipinski definition) is 2. The lowest BCUT2D eigenvalue weighted by Crippen LogP contribution is -2.29. The molecule has 25 heavy (non-hydrogen) atoms. The van der Waals surface area contributed by atoms with Crippen molar-refractivity contribution in [3.05, 3.63) is 36.0 Å². The number of sulfonamides is 1. The van der Waals surface area contributed by atoms with Gasteiger partial charge in [-0.3, -0.25) is 0 Å². The number of benzene rings is 1. The predicted octanol–water partition coefficient (Wildman–Crippen LogP) is 2.80. The van der Waals surface area contributed by atoms with Crippen molar-refractivity contribution in [1.29, 1.82) is 0 Å². The van der Waals surface area contributed by atoms with E-state index >= 15 is 0 Å². The van der Waals surface area contributed by atoms with Gasteiger partial charge in [-0.15, -0.1) is 0 Å². The maximum absolute atomic E-state index is 12.6. The maximum Gasteiger partial charge on any atom is 0.264 e. The molecule has 1 aromatic heterocycles. The summed E-state index contributed by atoms with van der Waals surface area (Å²) in [7, 11) is -3.77. The topological polar surface area (TPSA) is 93.2 Å². The highest BCUT2D eigenvalue weighted by Crippen LogP contribution is 2.22. The summed E-state index contributed by atoms with van der Waals surface area (Å²) in [6, 6.07) is 8.42. The summed E-state index contributed by atoms with van der Waals surface area (Å²) in [6.07, 6.45) is 0.881. The summed E-state index contributed by atoms with van der Waals surface area (Å²) < 4.78 is 33.4. The highest BCUT2D eigenvalue weighted by atomic mass is 32.2. The molecule has 0 aliphatic carbocycles. The fraction of sp³-hybridized carbons (Fsp3) is 0.412. The smallest absolute Gasteiger partial charge is 0.264 e. The standard InChI is InChI=1S/C17H22N4O3S/c1-11(2)7-14-10-24-16-8-12(3)18-17(20-16)21-25(22,23)15-6-4-5-13(9-15)19-14/h4-6,8-9,11,14,19H,7,10H2,1-3H3,(H,18,20,21)/t14-/m1/s1. The van der Waals surface area contributed by atoms with Gasteiger partial charge in [-0.1, -0.05) is 19.9 Å². The third kappa shape index (κ3) is 4.39. The van der Waals surface area contributed by atoms with Crippen LogP contribution in [-0.4, -0.2) is 31.0 Å². The number of ether oxygens (including phenoxy) is 1. The molecule has 1 aliphatic heterocycles. The number of anilines is 2. The van der Waals surface area contributed by atoms with Gasteiger partial charge in [0.2, 0.25) is 11.8 Å². The Kier molecular flexibility index (Phi) is 4.80. The van der Waals surface area contributed by atoms with Crippen molar-refractivity contribution < 1.29 is 13.2 Å². The third-order valence-electron chi connectivity index (χ3n) is 3.76. The zero-order valence-corrected chi connectivity index (χ0v) is 15.3. The molecule has 2 N–H and O–H groups in total. The van der Waals surface area contributed by atoms with Gasteiger partial charge in [0.25, 0.3) is 10.0 Å². The Hall–Kier alpha value is -2.35.